The second-order valence-electron chi connectivity index (χ2n) is 7.70. The molecule has 0 aliphatic carbocycles. The fourth-order valence-electron chi connectivity index (χ4n) is 3.46. The van der Waals surface area contributed by atoms with E-state index in [1.807, 2.05) is 6.08 Å². The van der Waals surface area contributed by atoms with Crippen LogP contribution in [0.1, 0.15) is 104 Å². The van der Waals surface area contributed by atoms with Crippen molar-refractivity contribution in [2.75, 3.05) is 7.11 Å². The van der Waals surface area contributed by atoms with E-state index in [9.17, 15) is 9.90 Å². The van der Waals surface area contributed by atoms with E-state index in [-0.39, 0.29) is 0 Å². The number of ether oxygens (including phenoxy) is 2. The zero-order chi connectivity index (χ0) is 19.3. The van der Waals surface area contributed by atoms with Crippen LogP contribution in [0.2, 0.25) is 0 Å². The van der Waals surface area contributed by atoms with Crippen LogP contribution >= 0.6 is 0 Å². The number of cyclic esters (lactones) is 1. The summed E-state index contributed by atoms with van der Waals surface area (Å²) in [5.74, 6) is -1.70. The normalized spacial score (nSPS) is 24.4. The summed E-state index contributed by atoms with van der Waals surface area (Å²) in [6.07, 6.45) is 18.8. The Hall–Kier alpha value is -0.870. The van der Waals surface area contributed by atoms with Gasteiger partial charge in [-0.2, -0.15) is 0 Å². The van der Waals surface area contributed by atoms with Crippen LogP contribution in [0, 0.1) is 0 Å². The SMILES string of the molecule is CCCCCCCCCCCCCCC/C=C1/C(=O)O[C@@](C)(OC)[C@@H]1O. The Bertz CT molecular complexity index is 418. The fourth-order valence-corrected chi connectivity index (χ4v) is 3.46. The first-order chi connectivity index (χ1) is 12.5. The first-order valence-electron chi connectivity index (χ1n) is 10.7. The van der Waals surface area contributed by atoms with E-state index in [0.717, 1.165) is 12.8 Å². The standard InChI is InChI=1S/C22H40O4/c1-4-5-6-7-8-9-10-11-12-13-14-15-16-17-18-19-20(23)22(2,25-3)26-21(19)24/h18,20,23H,4-17H2,1-3H3/b19-18+/t20-,22-/m1/s1. The van der Waals surface area contributed by atoms with Gasteiger partial charge in [-0.3, -0.25) is 0 Å². The molecule has 0 amide bonds. The van der Waals surface area contributed by atoms with Gasteiger partial charge in [0.05, 0.1) is 5.57 Å². The summed E-state index contributed by atoms with van der Waals surface area (Å²) in [6.45, 7) is 3.85. The zero-order valence-electron chi connectivity index (χ0n) is 17.2. The lowest BCUT2D eigenvalue weighted by molar-refractivity contribution is -0.218. The topological polar surface area (TPSA) is 55.8 Å². The molecule has 0 radical (unpaired) electrons. The molecular weight excluding hydrogens is 328 g/mol. The van der Waals surface area contributed by atoms with Gasteiger partial charge in [0.15, 0.2) is 6.10 Å². The summed E-state index contributed by atoms with van der Waals surface area (Å²) < 4.78 is 10.2. The van der Waals surface area contributed by atoms with E-state index in [4.69, 9.17) is 9.47 Å². The number of unbranched alkanes of at least 4 members (excludes halogenated alkanes) is 13. The maximum Gasteiger partial charge on any atom is 0.339 e. The van der Waals surface area contributed by atoms with Gasteiger partial charge >= 0.3 is 5.97 Å². The summed E-state index contributed by atoms with van der Waals surface area (Å²) >= 11 is 0. The maximum absolute atomic E-state index is 11.8. The highest BCUT2D eigenvalue weighted by atomic mass is 16.7. The average molecular weight is 369 g/mol. The number of allylic oxidation sites excluding steroid dienone is 1. The van der Waals surface area contributed by atoms with Crippen LogP contribution in [0.3, 0.4) is 0 Å². The van der Waals surface area contributed by atoms with Crippen molar-refractivity contribution >= 4 is 5.97 Å². The number of rotatable bonds is 15. The van der Waals surface area contributed by atoms with Crippen LogP contribution in [0.5, 0.6) is 0 Å². The third kappa shape index (κ3) is 8.22. The van der Waals surface area contributed by atoms with Gasteiger partial charge in [-0.1, -0.05) is 90.0 Å². The quantitative estimate of drug-likeness (QED) is 0.230. The molecule has 0 bridgehead atoms. The molecule has 2 atom stereocenters. The highest BCUT2D eigenvalue weighted by Crippen LogP contribution is 2.32. The third-order valence-corrected chi connectivity index (χ3v) is 5.40. The summed E-state index contributed by atoms with van der Waals surface area (Å²) in [5.41, 5.74) is 0.341. The summed E-state index contributed by atoms with van der Waals surface area (Å²) in [6, 6.07) is 0. The Morgan fingerprint density at radius 2 is 1.42 bits per heavy atom. The molecule has 0 aromatic rings. The molecule has 1 rings (SSSR count). The third-order valence-electron chi connectivity index (χ3n) is 5.40. The first-order valence-corrected chi connectivity index (χ1v) is 10.7. The first kappa shape index (κ1) is 23.2. The van der Waals surface area contributed by atoms with Gasteiger partial charge in [-0.05, 0) is 12.8 Å². The lowest BCUT2D eigenvalue weighted by Crippen LogP contribution is -2.38. The van der Waals surface area contributed by atoms with Crippen LogP contribution < -0.4 is 0 Å². The summed E-state index contributed by atoms with van der Waals surface area (Å²) in [5, 5.41) is 10.1. The molecule has 152 valence electrons. The molecule has 1 fully saturated rings. The van der Waals surface area contributed by atoms with E-state index in [0.29, 0.717) is 5.57 Å². The molecule has 4 nitrogen and oxygen atoms in total. The Labute approximate surface area is 160 Å². The van der Waals surface area contributed by atoms with Crippen LogP contribution in [-0.2, 0) is 14.3 Å². The molecule has 0 saturated carbocycles. The second-order valence-corrected chi connectivity index (χ2v) is 7.70. The Kier molecular flexibility index (Phi) is 11.9. The van der Waals surface area contributed by atoms with Crippen LogP contribution in [0.25, 0.3) is 0 Å². The molecule has 26 heavy (non-hydrogen) atoms. The molecule has 4 heteroatoms. The van der Waals surface area contributed by atoms with Gasteiger partial charge in [0.2, 0.25) is 5.79 Å². The van der Waals surface area contributed by atoms with Crippen molar-refractivity contribution in [2.24, 2.45) is 0 Å². The van der Waals surface area contributed by atoms with Crippen LogP contribution in [0.15, 0.2) is 11.6 Å². The molecule has 0 aromatic carbocycles. The number of methoxy groups -OCH3 is 1. The number of esters is 1. The number of hydrogen-bond donors (Lipinski definition) is 1. The minimum Gasteiger partial charge on any atom is -0.427 e. The van der Waals surface area contributed by atoms with Gasteiger partial charge in [0, 0.05) is 14.0 Å². The molecular formula is C22H40O4. The predicted octanol–water partition coefficient (Wildman–Crippen LogP) is 5.67. The number of carbonyl (C=O) groups excluding carboxylic acids is 1. The molecule has 1 aliphatic rings. The largest absolute Gasteiger partial charge is 0.427 e. The molecule has 0 aromatic heterocycles. The zero-order valence-corrected chi connectivity index (χ0v) is 17.2. The smallest absolute Gasteiger partial charge is 0.339 e. The van der Waals surface area contributed by atoms with Crippen molar-refractivity contribution in [1.82, 2.24) is 0 Å². The van der Waals surface area contributed by atoms with Crippen LogP contribution in [0.4, 0.5) is 0 Å². The van der Waals surface area contributed by atoms with Crippen molar-refractivity contribution in [2.45, 2.75) is 116 Å². The Balaban J connectivity index is 1.97. The van der Waals surface area contributed by atoms with Crippen LogP contribution in [-0.4, -0.2) is 30.1 Å². The molecule has 1 heterocycles. The summed E-state index contributed by atoms with van der Waals surface area (Å²) in [4.78, 5) is 11.8. The van der Waals surface area contributed by atoms with E-state index >= 15 is 0 Å². The van der Waals surface area contributed by atoms with Crippen molar-refractivity contribution in [3.63, 3.8) is 0 Å². The molecule has 1 aliphatic heterocycles. The molecule has 0 spiro atoms. The lowest BCUT2D eigenvalue weighted by Gasteiger charge is -2.23. The Morgan fingerprint density at radius 3 is 1.85 bits per heavy atom. The lowest BCUT2D eigenvalue weighted by atomic mass is 10.0. The van der Waals surface area contributed by atoms with Gasteiger partial charge in [0.1, 0.15) is 0 Å². The predicted molar refractivity (Wildman–Crippen MR) is 106 cm³/mol. The van der Waals surface area contributed by atoms with Crippen molar-refractivity contribution < 1.29 is 19.4 Å². The highest BCUT2D eigenvalue weighted by molar-refractivity contribution is 5.92. The molecule has 1 N–H and O–H groups in total. The summed E-state index contributed by atoms with van der Waals surface area (Å²) in [7, 11) is 1.44. The maximum atomic E-state index is 11.8. The minimum atomic E-state index is -1.24. The second kappa shape index (κ2) is 13.3. The number of aliphatic hydroxyl groups excluding tert-OH is 1. The van der Waals surface area contributed by atoms with Crippen molar-refractivity contribution in [3.8, 4) is 0 Å². The Morgan fingerprint density at radius 1 is 0.962 bits per heavy atom. The average Bonchev–Trinajstić information content (AvgIpc) is 2.85. The van der Waals surface area contributed by atoms with Gasteiger partial charge in [-0.25, -0.2) is 4.79 Å². The van der Waals surface area contributed by atoms with Crippen molar-refractivity contribution in [3.05, 3.63) is 11.6 Å². The van der Waals surface area contributed by atoms with E-state index in [1.54, 1.807) is 6.92 Å². The van der Waals surface area contributed by atoms with Gasteiger partial charge in [0.25, 0.3) is 0 Å². The van der Waals surface area contributed by atoms with Gasteiger partial charge < -0.3 is 14.6 Å². The van der Waals surface area contributed by atoms with E-state index in [2.05, 4.69) is 6.92 Å². The number of aliphatic hydroxyl groups is 1. The van der Waals surface area contributed by atoms with Crippen molar-refractivity contribution in [1.29, 1.82) is 0 Å². The monoisotopic (exact) mass is 368 g/mol. The molecule has 1 saturated heterocycles. The van der Waals surface area contributed by atoms with E-state index < -0.39 is 17.9 Å². The van der Waals surface area contributed by atoms with E-state index in [1.165, 1.54) is 84.2 Å². The fraction of sp³-hybridized carbons (Fsp3) is 0.864. The molecule has 0 unspecified atom stereocenters. The minimum absolute atomic E-state index is 0.341. The number of hydrogen-bond acceptors (Lipinski definition) is 4. The number of carbonyl (C=O) groups is 1. The highest BCUT2D eigenvalue weighted by Gasteiger charge is 2.48. The van der Waals surface area contributed by atoms with Gasteiger partial charge in [-0.15, -0.1) is 0 Å².